The van der Waals surface area contributed by atoms with Crippen molar-refractivity contribution in [2.45, 2.75) is 66.0 Å². The van der Waals surface area contributed by atoms with E-state index in [1.165, 1.54) is 28.1 Å². The number of furan rings is 1. The minimum Gasteiger partial charge on any atom is -0.501 e. The fourth-order valence-corrected chi connectivity index (χ4v) is 10.3. The van der Waals surface area contributed by atoms with E-state index in [1.54, 1.807) is 18.2 Å². The number of aromatic nitrogens is 3. The molecule has 0 aliphatic carbocycles. The molecule has 1 radical (unpaired) electrons. The number of nitrogens with zero attached hydrogens (tertiary/aromatic N) is 3. The topological polar surface area (TPSA) is 43.9 Å². The zero-order chi connectivity index (χ0) is 48.4. The Morgan fingerprint density at radius 1 is 0.687 bits per heavy atom. The predicted octanol–water partition coefficient (Wildman–Crippen LogP) is 16.2. The van der Waals surface area contributed by atoms with E-state index in [0.717, 1.165) is 66.3 Å². The van der Waals surface area contributed by atoms with Crippen molar-refractivity contribution in [3.8, 4) is 39.5 Å². The Bertz CT molecular complexity index is 3700. The van der Waals surface area contributed by atoms with Crippen LogP contribution in [0.15, 0.2) is 162 Å². The van der Waals surface area contributed by atoms with Crippen LogP contribution in [0.25, 0.3) is 94.0 Å². The molecule has 0 atom stereocenters. The van der Waals surface area contributed by atoms with Crippen molar-refractivity contribution in [3.05, 3.63) is 192 Å². The number of hydrogen-bond donors (Lipinski definition) is 0. The third-order valence-electron chi connectivity index (χ3n) is 12.6. The molecule has 0 amide bonds. The van der Waals surface area contributed by atoms with Gasteiger partial charge in [-0.15, -0.1) is 48.0 Å². The Balaban J connectivity index is 0.000000286. The van der Waals surface area contributed by atoms with Gasteiger partial charge >= 0.3 is 0 Å². The molecule has 4 nitrogen and oxygen atoms in total. The van der Waals surface area contributed by atoms with Crippen LogP contribution in [-0.4, -0.2) is 22.6 Å². The standard InChI is InChI=1S/C46H37N2O.C14H15FNSi.Ir/c1-27(2)37-24-33(30-14-7-6-8-15-30)25-38(28(3)4)44(37)48-43-29(5)13-11-20-41(43)47-46(48)36-19-12-18-35-40-23-32-22-21-31-16-9-10-17-34(31)39(32)26-42(40)49-45(35)36;1-17(2,3)13-8-9-16-14(10-13)11-4-6-12(15)7-5-11;/h6-18,20-28H,1-5H3;4,6-10H,1-3H3;/q2*-1;/i5D3;;. The molecule has 7 heteroatoms. The number of rotatable bonds is 7. The van der Waals surface area contributed by atoms with Gasteiger partial charge in [-0.05, 0) is 110 Å². The Kier molecular flexibility index (Phi) is 11.4. The average molecular weight is 1070 g/mol. The quantitative estimate of drug-likeness (QED) is 0.0907. The van der Waals surface area contributed by atoms with E-state index >= 15 is 0 Å². The van der Waals surface area contributed by atoms with Crippen LogP contribution in [0.4, 0.5) is 4.39 Å². The van der Waals surface area contributed by atoms with Crippen molar-refractivity contribution in [2.24, 2.45) is 0 Å². The smallest absolute Gasteiger partial charge is 0.121 e. The molecule has 8 aromatic carbocycles. The third kappa shape index (κ3) is 8.57. The first-order valence-electron chi connectivity index (χ1n) is 24.1. The fraction of sp³-hybridized carbons (Fsp3) is 0.167. The summed E-state index contributed by atoms with van der Waals surface area (Å²) in [7, 11) is -1.34. The first-order valence-corrected chi connectivity index (χ1v) is 26.1. The van der Waals surface area contributed by atoms with E-state index in [-0.39, 0.29) is 43.3 Å². The maximum atomic E-state index is 12.8. The molecule has 67 heavy (non-hydrogen) atoms. The number of halogens is 1. The van der Waals surface area contributed by atoms with E-state index in [9.17, 15) is 4.39 Å². The molecule has 0 aliphatic rings. The number of benzene rings is 8. The van der Waals surface area contributed by atoms with Gasteiger partial charge in [-0.3, -0.25) is 9.37 Å². The Morgan fingerprint density at radius 2 is 1.43 bits per heavy atom. The molecular formula is C60H52FIrN3OSi-2. The summed E-state index contributed by atoms with van der Waals surface area (Å²) in [6.45, 7) is 13.3. The molecule has 335 valence electrons. The van der Waals surface area contributed by atoms with Crippen LogP contribution in [0.1, 0.15) is 60.3 Å². The van der Waals surface area contributed by atoms with Crippen molar-refractivity contribution in [2.75, 3.05) is 0 Å². The second-order valence-electron chi connectivity index (χ2n) is 18.8. The summed E-state index contributed by atoms with van der Waals surface area (Å²) >= 11 is 0. The van der Waals surface area contributed by atoms with Crippen LogP contribution in [-0.2, 0) is 20.1 Å². The van der Waals surface area contributed by atoms with Gasteiger partial charge in [0.25, 0.3) is 0 Å². The van der Waals surface area contributed by atoms with Crippen LogP contribution in [0, 0.1) is 24.8 Å². The molecule has 0 saturated carbocycles. The van der Waals surface area contributed by atoms with Crippen molar-refractivity contribution >= 4 is 67.8 Å². The third-order valence-corrected chi connectivity index (χ3v) is 14.7. The Morgan fingerprint density at radius 3 is 2.15 bits per heavy atom. The first-order chi connectivity index (χ1) is 33.0. The van der Waals surface area contributed by atoms with Gasteiger partial charge in [0.1, 0.15) is 5.58 Å². The minimum absolute atomic E-state index is 0. The van der Waals surface area contributed by atoms with Gasteiger partial charge in [0, 0.05) is 47.3 Å². The molecule has 3 aromatic heterocycles. The zero-order valence-corrected chi connectivity index (χ0v) is 42.0. The summed E-state index contributed by atoms with van der Waals surface area (Å²) in [6, 6.07) is 56.5. The van der Waals surface area contributed by atoms with E-state index in [1.807, 2.05) is 30.5 Å². The van der Waals surface area contributed by atoms with Crippen LogP contribution in [0.5, 0.6) is 0 Å². The number of pyridine rings is 1. The molecule has 11 aromatic rings. The first kappa shape index (κ1) is 41.9. The maximum Gasteiger partial charge on any atom is 0.121 e. The SMILES string of the molecule is C[Si](C)(C)c1ccnc(-c2[c-]cc(F)cc2)c1.[2H]C([2H])([2H])c1cccc2nc(-c3[c-]ccc4c3oc3cc5c(ccc6ccccc65)cc34)n(-c3c(C(C)C)cc(-c4ccccc4)cc3C(C)C)c12.[Ir]. The summed E-state index contributed by atoms with van der Waals surface area (Å²) in [5.74, 6) is 0.571. The largest absolute Gasteiger partial charge is 0.501 e. The molecule has 3 heterocycles. The number of hydrogen-bond acceptors (Lipinski definition) is 3. The van der Waals surface area contributed by atoms with Crippen molar-refractivity contribution in [1.29, 1.82) is 0 Å². The molecule has 0 aliphatic heterocycles. The zero-order valence-electron chi connectivity index (χ0n) is 41.6. The second kappa shape index (κ2) is 18.3. The molecular weight excluding hydrogens is 1020 g/mol. The summed E-state index contributed by atoms with van der Waals surface area (Å²) in [5.41, 5.74) is 10.7. The van der Waals surface area contributed by atoms with Crippen LogP contribution < -0.4 is 5.19 Å². The molecule has 0 fully saturated rings. The normalized spacial score (nSPS) is 12.7. The van der Waals surface area contributed by atoms with Gasteiger partial charge in [0.15, 0.2) is 0 Å². The number of imidazole rings is 1. The van der Waals surface area contributed by atoms with E-state index in [2.05, 4.69) is 166 Å². The van der Waals surface area contributed by atoms with Crippen molar-refractivity contribution in [3.63, 3.8) is 0 Å². The molecule has 0 unspecified atom stereocenters. The summed E-state index contributed by atoms with van der Waals surface area (Å²) < 4.78 is 47.7. The van der Waals surface area contributed by atoms with Crippen molar-refractivity contribution < 1.29 is 33.0 Å². The summed E-state index contributed by atoms with van der Waals surface area (Å²) in [4.78, 5) is 9.57. The number of para-hydroxylation sites is 1. The molecule has 0 saturated heterocycles. The Labute approximate surface area is 411 Å². The molecule has 0 bridgehead atoms. The summed E-state index contributed by atoms with van der Waals surface area (Å²) in [6.07, 6.45) is 1.82. The molecule has 0 N–H and O–H groups in total. The van der Waals surface area contributed by atoms with Crippen LogP contribution in [0.3, 0.4) is 0 Å². The fourth-order valence-electron chi connectivity index (χ4n) is 9.15. The van der Waals surface area contributed by atoms with Crippen LogP contribution in [0.2, 0.25) is 19.6 Å². The minimum atomic E-state index is -2.37. The predicted molar refractivity (Wildman–Crippen MR) is 277 cm³/mol. The van der Waals surface area contributed by atoms with Gasteiger partial charge < -0.3 is 14.0 Å². The molecule has 0 spiro atoms. The maximum absolute atomic E-state index is 12.8. The van der Waals surface area contributed by atoms with Gasteiger partial charge in [-0.1, -0.05) is 148 Å². The number of aryl methyl sites for hydroxylation is 1. The average Bonchev–Trinajstić information content (AvgIpc) is 3.91. The van der Waals surface area contributed by atoms with Gasteiger partial charge in [0.05, 0.1) is 30.5 Å². The van der Waals surface area contributed by atoms with E-state index in [4.69, 9.17) is 13.5 Å². The van der Waals surface area contributed by atoms with E-state index in [0.29, 0.717) is 28.0 Å². The van der Waals surface area contributed by atoms with Gasteiger partial charge in [-0.25, -0.2) is 0 Å². The van der Waals surface area contributed by atoms with Gasteiger partial charge in [-0.2, -0.15) is 0 Å². The summed E-state index contributed by atoms with van der Waals surface area (Å²) in [5, 5.41) is 7.94. The van der Waals surface area contributed by atoms with Crippen LogP contribution >= 0.6 is 0 Å². The van der Waals surface area contributed by atoms with Crippen molar-refractivity contribution in [1.82, 2.24) is 14.5 Å². The van der Waals surface area contributed by atoms with E-state index < -0.39 is 14.9 Å². The second-order valence-corrected chi connectivity index (χ2v) is 23.9. The molecule has 11 rings (SSSR count). The monoisotopic (exact) mass is 1070 g/mol. The number of fused-ring (bicyclic) bond motifs is 7. The van der Waals surface area contributed by atoms with Gasteiger partial charge in [0.2, 0.25) is 0 Å². The Hall–Kier alpha value is -6.50.